The Kier molecular flexibility index (Phi) is 3.81. The summed E-state index contributed by atoms with van der Waals surface area (Å²) in [5.74, 6) is 1.36. The fourth-order valence-electron chi connectivity index (χ4n) is 2.44. The molecule has 1 aliphatic heterocycles. The van der Waals surface area contributed by atoms with Gasteiger partial charge in [0.05, 0.1) is 0 Å². The lowest BCUT2D eigenvalue weighted by Gasteiger charge is -2.32. The number of hydrogen-bond donors (Lipinski definition) is 1. The van der Waals surface area contributed by atoms with E-state index in [4.69, 9.17) is 4.52 Å². The van der Waals surface area contributed by atoms with Crippen molar-refractivity contribution < 1.29 is 9.32 Å². The van der Waals surface area contributed by atoms with Gasteiger partial charge >= 0.3 is 0 Å². The van der Waals surface area contributed by atoms with Crippen LogP contribution in [-0.4, -0.2) is 45.3 Å². The van der Waals surface area contributed by atoms with Crippen LogP contribution < -0.4 is 5.32 Å². The number of aromatic nitrogens is 3. The van der Waals surface area contributed by atoms with Gasteiger partial charge < -0.3 is 14.7 Å². The van der Waals surface area contributed by atoms with E-state index in [1.807, 2.05) is 17.0 Å². The monoisotopic (exact) mass is 287 g/mol. The van der Waals surface area contributed by atoms with E-state index in [2.05, 4.69) is 20.7 Å². The predicted molar refractivity (Wildman–Crippen MR) is 75.8 cm³/mol. The Labute approximate surface area is 122 Å². The third-order valence-electron chi connectivity index (χ3n) is 3.55. The van der Waals surface area contributed by atoms with Crippen molar-refractivity contribution >= 4 is 11.7 Å². The lowest BCUT2D eigenvalue weighted by atomic mass is 10.0. The van der Waals surface area contributed by atoms with Gasteiger partial charge in [-0.2, -0.15) is 5.10 Å². The Morgan fingerprint density at radius 1 is 1.43 bits per heavy atom. The molecule has 1 aliphatic rings. The van der Waals surface area contributed by atoms with Gasteiger partial charge in [0.15, 0.2) is 5.69 Å². The summed E-state index contributed by atoms with van der Waals surface area (Å²) < 4.78 is 4.95. The van der Waals surface area contributed by atoms with Crippen molar-refractivity contribution in [2.45, 2.75) is 25.8 Å². The van der Waals surface area contributed by atoms with Crippen molar-refractivity contribution in [1.82, 2.24) is 20.3 Å². The molecule has 0 radical (unpaired) electrons. The maximum atomic E-state index is 12.2. The highest BCUT2D eigenvalue weighted by atomic mass is 16.5. The second-order valence-electron chi connectivity index (χ2n) is 5.14. The molecule has 0 aromatic carbocycles. The number of aryl methyl sites for hydroxylation is 1. The zero-order valence-corrected chi connectivity index (χ0v) is 11.8. The van der Waals surface area contributed by atoms with Crippen LogP contribution >= 0.6 is 0 Å². The summed E-state index contributed by atoms with van der Waals surface area (Å²) in [5, 5.41) is 15.0. The summed E-state index contributed by atoms with van der Waals surface area (Å²) >= 11 is 0. The first-order valence-electron chi connectivity index (χ1n) is 6.99. The van der Waals surface area contributed by atoms with E-state index in [-0.39, 0.29) is 5.91 Å². The quantitative estimate of drug-likeness (QED) is 0.920. The summed E-state index contributed by atoms with van der Waals surface area (Å²) in [4.78, 5) is 14.1. The zero-order chi connectivity index (χ0) is 14.7. The van der Waals surface area contributed by atoms with Crippen LogP contribution in [0.15, 0.2) is 28.9 Å². The minimum Gasteiger partial charge on any atom is -0.366 e. The number of likely N-dealkylation sites (tertiary alicyclic amines) is 1. The van der Waals surface area contributed by atoms with Crippen molar-refractivity contribution in [1.29, 1.82) is 0 Å². The average molecular weight is 287 g/mol. The molecule has 2 aromatic heterocycles. The summed E-state index contributed by atoms with van der Waals surface area (Å²) in [5.41, 5.74) is 0.382. The molecule has 3 rings (SSSR count). The molecule has 0 spiro atoms. The van der Waals surface area contributed by atoms with Gasteiger partial charge in [0.2, 0.25) is 0 Å². The molecule has 7 nitrogen and oxygen atoms in total. The minimum absolute atomic E-state index is 0.0650. The molecule has 0 saturated carbocycles. The van der Waals surface area contributed by atoms with Crippen LogP contribution in [0.2, 0.25) is 0 Å². The second kappa shape index (κ2) is 5.90. The lowest BCUT2D eigenvalue weighted by Crippen LogP contribution is -2.42. The molecule has 1 fully saturated rings. The highest BCUT2D eigenvalue weighted by Crippen LogP contribution is 2.16. The van der Waals surface area contributed by atoms with Gasteiger partial charge in [-0.3, -0.25) is 4.79 Å². The Bertz CT molecular complexity index is 605. The number of carbonyl (C=O) groups excluding carboxylic acids is 1. The molecule has 0 bridgehead atoms. The van der Waals surface area contributed by atoms with E-state index < -0.39 is 0 Å². The standard InChI is InChI=1S/C14H17N5O2/c1-10-9-12(18-21-10)14(20)19-7-4-11(5-8-19)16-13-3-2-6-15-17-13/h2-3,6,9,11H,4-5,7-8H2,1H3,(H,16,17). The number of rotatable bonds is 3. The first-order chi connectivity index (χ1) is 10.2. The van der Waals surface area contributed by atoms with Gasteiger partial charge in [0, 0.05) is 31.4 Å². The Hall–Kier alpha value is -2.44. The highest BCUT2D eigenvalue weighted by molar-refractivity contribution is 5.92. The fraction of sp³-hybridized carbons (Fsp3) is 0.429. The number of hydrogen-bond acceptors (Lipinski definition) is 6. The zero-order valence-electron chi connectivity index (χ0n) is 11.8. The second-order valence-corrected chi connectivity index (χ2v) is 5.14. The average Bonchev–Trinajstić information content (AvgIpc) is 2.95. The number of nitrogens with one attached hydrogen (secondary N) is 1. The molecular formula is C14H17N5O2. The van der Waals surface area contributed by atoms with Gasteiger partial charge in [-0.1, -0.05) is 5.16 Å². The van der Waals surface area contributed by atoms with Crippen LogP contribution in [0, 0.1) is 6.92 Å². The van der Waals surface area contributed by atoms with Crippen LogP contribution in [0.1, 0.15) is 29.1 Å². The van der Waals surface area contributed by atoms with Crippen LogP contribution in [-0.2, 0) is 0 Å². The van der Waals surface area contributed by atoms with E-state index in [1.54, 1.807) is 19.2 Å². The SMILES string of the molecule is Cc1cc(C(=O)N2CCC(Nc3cccnn3)CC2)no1. The lowest BCUT2D eigenvalue weighted by molar-refractivity contribution is 0.0708. The van der Waals surface area contributed by atoms with Gasteiger partial charge in [-0.05, 0) is 31.9 Å². The molecule has 1 N–H and O–H groups in total. The van der Waals surface area contributed by atoms with Crippen molar-refractivity contribution in [3.8, 4) is 0 Å². The summed E-state index contributed by atoms with van der Waals surface area (Å²) in [6.45, 7) is 3.17. The molecule has 21 heavy (non-hydrogen) atoms. The molecule has 0 unspecified atom stereocenters. The van der Waals surface area contributed by atoms with Gasteiger partial charge in [0.1, 0.15) is 11.6 Å². The maximum absolute atomic E-state index is 12.2. The topological polar surface area (TPSA) is 84.2 Å². The molecule has 7 heteroatoms. The van der Waals surface area contributed by atoms with Gasteiger partial charge in [0.25, 0.3) is 5.91 Å². The maximum Gasteiger partial charge on any atom is 0.276 e. The Morgan fingerprint density at radius 3 is 2.86 bits per heavy atom. The molecule has 0 atom stereocenters. The molecule has 110 valence electrons. The first kappa shape index (κ1) is 13.5. The van der Waals surface area contributed by atoms with Gasteiger partial charge in [-0.15, -0.1) is 5.10 Å². The summed E-state index contributed by atoms with van der Waals surface area (Å²) in [6, 6.07) is 5.72. The molecule has 0 aliphatic carbocycles. The minimum atomic E-state index is -0.0650. The predicted octanol–water partition coefficient (Wildman–Crippen LogP) is 1.49. The number of amides is 1. The molecule has 2 aromatic rings. The van der Waals surface area contributed by atoms with Gasteiger partial charge in [-0.25, -0.2) is 0 Å². The van der Waals surface area contributed by atoms with Crippen molar-refractivity contribution in [3.05, 3.63) is 35.9 Å². The summed E-state index contributed by atoms with van der Waals surface area (Å²) in [6.07, 6.45) is 3.39. The smallest absolute Gasteiger partial charge is 0.276 e. The number of anilines is 1. The van der Waals surface area contributed by atoms with Crippen LogP contribution in [0.4, 0.5) is 5.82 Å². The fourth-order valence-corrected chi connectivity index (χ4v) is 2.44. The van der Waals surface area contributed by atoms with Crippen LogP contribution in [0.5, 0.6) is 0 Å². The third kappa shape index (κ3) is 3.18. The molecular weight excluding hydrogens is 270 g/mol. The normalized spacial score (nSPS) is 16.0. The van der Waals surface area contributed by atoms with E-state index in [1.165, 1.54) is 0 Å². The van der Waals surface area contributed by atoms with Crippen LogP contribution in [0.25, 0.3) is 0 Å². The third-order valence-corrected chi connectivity index (χ3v) is 3.55. The number of nitrogens with zero attached hydrogens (tertiary/aromatic N) is 4. The molecule has 1 saturated heterocycles. The van der Waals surface area contributed by atoms with E-state index in [0.29, 0.717) is 30.6 Å². The van der Waals surface area contributed by atoms with E-state index in [0.717, 1.165) is 18.7 Å². The Morgan fingerprint density at radius 2 is 2.24 bits per heavy atom. The van der Waals surface area contributed by atoms with Crippen molar-refractivity contribution in [2.75, 3.05) is 18.4 Å². The first-order valence-corrected chi connectivity index (χ1v) is 6.99. The number of piperidine rings is 1. The molecule has 1 amide bonds. The summed E-state index contributed by atoms with van der Waals surface area (Å²) in [7, 11) is 0. The van der Waals surface area contributed by atoms with E-state index >= 15 is 0 Å². The largest absolute Gasteiger partial charge is 0.366 e. The highest BCUT2D eigenvalue weighted by Gasteiger charge is 2.25. The van der Waals surface area contributed by atoms with Crippen molar-refractivity contribution in [3.63, 3.8) is 0 Å². The Balaban J connectivity index is 1.54. The molecule has 3 heterocycles. The van der Waals surface area contributed by atoms with Crippen molar-refractivity contribution in [2.24, 2.45) is 0 Å². The number of carbonyl (C=O) groups is 1. The van der Waals surface area contributed by atoms with Crippen LogP contribution in [0.3, 0.4) is 0 Å². The van der Waals surface area contributed by atoms with E-state index in [9.17, 15) is 4.79 Å².